The number of rotatable bonds is 7. The van der Waals surface area contributed by atoms with Crippen molar-refractivity contribution in [3.8, 4) is 0 Å². The van der Waals surface area contributed by atoms with Crippen molar-refractivity contribution in [2.75, 3.05) is 11.9 Å². The van der Waals surface area contributed by atoms with Gasteiger partial charge in [0.2, 0.25) is 5.91 Å². The third kappa shape index (κ3) is 5.26. The van der Waals surface area contributed by atoms with Gasteiger partial charge in [-0.3, -0.25) is 9.69 Å². The maximum Gasteiger partial charge on any atom is 0.238 e. The van der Waals surface area contributed by atoms with Gasteiger partial charge in [-0.05, 0) is 60.0 Å². The summed E-state index contributed by atoms with van der Waals surface area (Å²) < 4.78 is 0. The van der Waals surface area contributed by atoms with E-state index in [1.807, 2.05) is 18.2 Å². The molecule has 2 aromatic heterocycles. The second-order valence-electron chi connectivity index (χ2n) is 6.15. The van der Waals surface area contributed by atoms with Crippen LogP contribution in [0.5, 0.6) is 0 Å². The lowest BCUT2D eigenvalue weighted by Gasteiger charge is -2.20. The second kappa shape index (κ2) is 8.43. The van der Waals surface area contributed by atoms with Gasteiger partial charge in [0.25, 0.3) is 0 Å². The van der Waals surface area contributed by atoms with Gasteiger partial charge < -0.3 is 5.32 Å². The SMILES string of the molecule is Cc1ccc(NC(=O)CN(Cc2cccs2)Cc2cccs2)cc1C. The Morgan fingerprint density at radius 2 is 1.60 bits per heavy atom. The minimum absolute atomic E-state index is 0.0244. The van der Waals surface area contributed by atoms with E-state index in [4.69, 9.17) is 0 Å². The Balaban J connectivity index is 1.65. The molecule has 0 saturated carbocycles. The molecule has 0 unspecified atom stereocenters. The van der Waals surface area contributed by atoms with E-state index >= 15 is 0 Å². The van der Waals surface area contributed by atoms with Gasteiger partial charge in [-0.2, -0.15) is 0 Å². The number of thiophene rings is 2. The summed E-state index contributed by atoms with van der Waals surface area (Å²) >= 11 is 3.46. The summed E-state index contributed by atoms with van der Waals surface area (Å²) in [5.74, 6) is 0.0244. The van der Waals surface area contributed by atoms with Crippen LogP contribution in [-0.2, 0) is 17.9 Å². The standard InChI is InChI=1S/C20H22N2OS2/c1-15-7-8-17(11-16(15)2)21-20(23)14-22(12-18-5-3-9-24-18)13-19-6-4-10-25-19/h3-11H,12-14H2,1-2H3,(H,21,23). The summed E-state index contributed by atoms with van der Waals surface area (Å²) in [6, 6.07) is 14.4. The highest BCUT2D eigenvalue weighted by Crippen LogP contribution is 2.18. The molecule has 0 aliphatic carbocycles. The lowest BCUT2D eigenvalue weighted by molar-refractivity contribution is -0.117. The van der Waals surface area contributed by atoms with Crippen molar-refractivity contribution in [3.63, 3.8) is 0 Å². The van der Waals surface area contributed by atoms with Gasteiger partial charge in [0.05, 0.1) is 6.54 Å². The summed E-state index contributed by atoms with van der Waals surface area (Å²) in [4.78, 5) is 17.3. The molecular formula is C20H22N2OS2. The Kier molecular flexibility index (Phi) is 6.02. The van der Waals surface area contributed by atoms with Crippen molar-refractivity contribution in [1.29, 1.82) is 0 Å². The number of nitrogens with one attached hydrogen (secondary N) is 1. The van der Waals surface area contributed by atoms with Crippen molar-refractivity contribution in [2.45, 2.75) is 26.9 Å². The molecule has 3 nitrogen and oxygen atoms in total. The van der Waals surface area contributed by atoms with E-state index in [1.54, 1.807) is 22.7 Å². The molecule has 0 saturated heterocycles. The Morgan fingerprint density at radius 1 is 0.960 bits per heavy atom. The molecule has 25 heavy (non-hydrogen) atoms. The molecule has 0 atom stereocenters. The van der Waals surface area contributed by atoms with Crippen LogP contribution in [0.2, 0.25) is 0 Å². The molecule has 0 aliphatic rings. The van der Waals surface area contributed by atoms with Gasteiger partial charge in [0.1, 0.15) is 0 Å². The number of aryl methyl sites for hydroxylation is 2. The summed E-state index contributed by atoms with van der Waals surface area (Å²) in [6.45, 7) is 6.09. The third-order valence-electron chi connectivity index (χ3n) is 4.08. The predicted octanol–water partition coefficient (Wildman–Crippen LogP) is 5.07. The molecular weight excluding hydrogens is 348 g/mol. The normalized spacial score (nSPS) is 11.0. The van der Waals surface area contributed by atoms with E-state index < -0.39 is 0 Å². The van der Waals surface area contributed by atoms with E-state index in [0.717, 1.165) is 18.8 Å². The molecule has 5 heteroatoms. The first-order valence-corrected chi connectivity index (χ1v) is 10.0. The van der Waals surface area contributed by atoms with Crippen LogP contribution in [0.3, 0.4) is 0 Å². The number of hydrogen-bond acceptors (Lipinski definition) is 4. The number of anilines is 1. The zero-order valence-corrected chi connectivity index (χ0v) is 16.1. The topological polar surface area (TPSA) is 32.3 Å². The van der Waals surface area contributed by atoms with E-state index in [-0.39, 0.29) is 5.91 Å². The number of nitrogens with zero attached hydrogens (tertiary/aromatic N) is 1. The van der Waals surface area contributed by atoms with Crippen molar-refractivity contribution in [3.05, 3.63) is 74.1 Å². The highest BCUT2D eigenvalue weighted by atomic mass is 32.1. The van der Waals surface area contributed by atoms with Gasteiger partial charge >= 0.3 is 0 Å². The first-order chi connectivity index (χ1) is 12.1. The average molecular weight is 371 g/mol. The molecule has 1 N–H and O–H groups in total. The molecule has 3 rings (SSSR count). The van der Waals surface area contributed by atoms with E-state index in [9.17, 15) is 4.79 Å². The van der Waals surface area contributed by atoms with Crippen molar-refractivity contribution in [1.82, 2.24) is 4.90 Å². The van der Waals surface area contributed by atoms with Gasteiger partial charge in [0.15, 0.2) is 0 Å². The van der Waals surface area contributed by atoms with Crippen LogP contribution in [-0.4, -0.2) is 17.4 Å². The summed E-state index contributed by atoms with van der Waals surface area (Å²) in [5, 5.41) is 7.18. The summed E-state index contributed by atoms with van der Waals surface area (Å²) in [7, 11) is 0. The van der Waals surface area contributed by atoms with Gasteiger partial charge in [-0.1, -0.05) is 18.2 Å². The largest absolute Gasteiger partial charge is 0.325 e. The fourth-order valence-corrected chi connectivity index (χ4v) is 4.13. The number of carbonyl (C=O) groups excluding carboxylic acids is 1. The zero-order valence-electron chi connectivity index (χ0n) is 14.5. The van der Waals surface area contributed by atoms with Crippen LogP contribution in [0.15, 0.2) is 53.2 Å². The number of hydrogen-bond donors (Lipinski definition) is 1. The Labute approximate surface area is 156 Å². The second-order valence-corrected chi connectivity index (χ2v) is 8.22. The van der Waals surface area contributed by atoms with Crippen LogP contribution in [0.25, 0.3) is 0 Å². The van der Waals surface area contributed by atoms with Gasteiger partial charge in [-0.15, -0.1) is 22.7 Å². The van der Waals surface area contributed by atoms with Gasteiger partial charge in [-0.25, -0.2) is 0 Å². The van der Waals surface area contributed by atoms with Crippen LogP contribution in [0.1, 0.15) is 20.9 Å². The highest BCUT2D eigenvalue weighted by Gasteiger charge is 2.14. The molecule has 3 aromatic rings. The number of carbonyl (C=O) groups is 1. The minimum Gasteiger partial charge on any atom is -0.325 e. The van der Waals surface area contributed by atoms with Crippen molar-refractivity contribution in [2.24, 2.45) is 0 Å². The Hall–Kier alpha value is -1.95. The molecule has 2 heterocycles. The molecule has 1 amide bonds. The maximum atomic E-state index is 12.5. The summed E-state index contributed by atoms with van der Waals surface area (Å²) in [5.41, 5.74) is 3.28. The van der Waals surface area contributed by atoms with Crippen LogP contribution >= 0.6 is 22.7 Å². The first-order valence-electron chi connectivity index (χ1n) is 8.24. The molecule has 0 radical (unpaired) electrons. The first kappa shape index (κ1) is 17.9. The Morgan fingerprint density at radius 3 is 2.12 bits per heavy atom. The zero-order chi connectivity index (χ0) is 17.6. The minimum atomic E-state index is 0.0244. The summed E-state index contributed by atoms with van der Waals surface area (Å²) in [6.07, 6.45) is 0. The molecule has 130 valence electrons. The lowest BCUT2D eigenvalue weighted by atomic mass is 10.1. The van der Waals surface area contributed by atoms with Gasteiger partial charge in [0, 0.05) is 28.5 Å². The monoisotopic (exact) mass is 370 g/mol. The fraction of sp³-hybridized carbons (Fsp3) is 0.250. The van der Waals surface area contributed by atoms with E-state index in [2.05, 4.69) is 59.1 Å². The highest BCUT2D eigenvalue weighted by molar-refractivity contribution is 7.10. The quantitative estimate of drug-likeness (QED) is 0.630. The number of amides is 1. The Bertz CT molecular complexity index is 774. The molecule has 0 spiro atoms. The molecule has 1 aromatic carbocycles. The van der Waals surface area contributed by atoms with Crippen molar-refractivity contribution >= 4 is 34.3 Å². The van der Waals surface area contributed by atoms with E-state index in [0.29, 0.717) is 6.54 Å². The lowest BCUT2D eigenvalue weighted by Crippen LogP contribution is -2.32. The molecule has 0 aliphatic heterocycles. The smallest absolute Gasteiger partial charge is 0.238 e. The van der Waals surface area contributed by atoms with Crippen molar-refractivity contribution < 1.29 is 4.79 Å². The third-order valence-corrected chi connectivity index (χ3v) is 5.80. The fourth-order valence-electron chi connectivity index (χ4n) is 2.64. The maximum absolute atomic E-state index is 12.5. The molecule has 0 fully saturated rings. The van der Waals surface area contributed by atoms with Crippen LogP contribution in [0.4, 0.5) is 5.69 Å². The predicted molar refractivity (Wildman–Crippen MR) is 107 cm³/mol. The average Bonchev–Trinajstić information content (AvgIpc) is 3.25. The number of benzene rings is 1. The van der Waals surface area contributed by atoms with E-state index in [1.165, 1.54) is 20.9 Å². The van der Waals surface area contributed by atoms with Crippen LogP contribution in [0, 0.1) is 13.8 Å². The van der Waals surface area contributed by atoms with Crippen LogP contribution < -0.4 is 5.32 Å². The molecule has 0 bridgehead atoms.